The minimum atomic E-state index is -0.279. The van der Waals surface area contributed by atoms with Gasteiger partial charge in [-0.2, -0.15) is 0 Å². The summed E-state index contributed by atoms with van der Waals surface area (Å²) in [6.45, 7) is 4.63. The summed E-state index contributed by atoms with van der Waals surface area (Å²) in [5.74, 6) is -0.279. The average Bonchev–Trinajstić information content (AvgIpc) is 2.30. The van der Waals surface area contributed by atoms with E-state index in [9.17, 15) is 4.79 Å². The van der Waals surface area contributed by atoms with Gasteiger partial charge in [-0.3, -0.25) is 0 Å². The number of esters is 1. The number of ether oxygens (including phenoxy) is 2. The fraction of sp³-hybridized carbons (Fsp3) is 0.750. The smallest absolute Gasteiger partial charge is 0.330 e. The summed E-state index contributed by atoms with van der Waals surface area (Å²) in [5.41, 5.74) is 0. The predicted molar refractivity (Wildman–Crippen MR) is 62.2 cm³/mol. The Hall–Kier alpha value is -0.870. The van der Waals surface area contributed by atoms with Crippen LogP contribution < -0.4 is 5.32 Å². The number of carbonyl (C=O) groups is 1. The van der Waals surface area contributed by atoms with E-state index in [1.807, 2.05) is 0 Å². The van der Waals surface area contributed by atoms with Crippen LogP contribution >= 0.6 is 0 Å². The first-order valence-electron chi connectivity index (χ1n) is 5.98. The topological polar surface area (TPSA) is 47.6 Å². The van der Waals surface area contributed by atoms with Gasteiger partial charge in [-0.05, 0) is 26.2 Å². The number of carbonyl (C=O) groups excluding carboxylic acids is 1. The van der Waals surface area contributed by atoms with Crippen LogP contribution in [0.3, 0.4) is 0 Å². The maximum absolute atomic E-state index is 10.9. The summed E-state index contributed by atoms with van der Waals surface area (Å²) in [6.07, 6.45) is 7.14. The first-order chi connectivity index (χ1) is 7.83. The minimum absolute atomic E-state index is 0.279. The Balaban J connectivity index is 2.00. The van der Waals surface area contributed by atoms with Crippen molar-refractivity contribution in [1.82, 2.24) is 5.32 Å². The van der Waals surface area contributed by atoms with Crippen molar-refractivity contribution in [3.63, 3.8) is 0 Å². The van der Waals surface area contributed by atoms with E-state index < -0.39 is 0 Å². The molecular formula is C12H21NO3. The second kappa shape index (κ2) is 8.30. The fourth-order valence-corrected chi connectivity index (χ4v) is 1.64. The summed E-state index contributed by atoms with van der Waals surface area (Å²) in [6, 6.07) is 0. The maximum Gasteiger partial charge on any atom is 0.330 e. The van der Waals surface area contributed by atoms with Crippen molar-refractivity contribution in [2.75, 3.05) is 26.3 Å². The molecule has 1 aliphatic rings. The number of hydrogen-bond donors (Lipinski definition) is 1. The molecule has 0 aromatic heterocycles. The Morgan fingerprint density at radius 1 is 1.56 bits per heavy atom. The van der Waals surface area contributed by atoms with Crippen LogP contribution in [0, 0.1) is 0 Å². The second-order valence-corrected chi connectivity index (χ2v) is 3.80. The summed E-state index contributed by atoms with van der Waals surface area (Å²) >= 11 is 0. The molecule has 0 aromatic carbocycles. The molecule has 1 aliphatic heterocycles. The van der Waals surface area contributed by atoms with Gasteiger partial charge in [0.05, 0.1) is 12.7 Å². The van der Waals surface area contributed by atoms with Gasteiger partial charge in [-0.15, -0.1) is 0 Å². The van der Waals surface area contributed by atoms with Crippen molar-refractivity contribution in [2.24, 2.45) is 0 Å². The first kappa shape index (κ1) is 13.2. The van der Waals surface area contributed by atoms with Gasteiger partial charge < -0.3 is 14.8 Å². The molecule has 0 aromatic rings. The molecule has 0 saturated carbocycles. The lowest BCUT2D eigenvalue weighted by Crippen LogP contribution is -2.31. The van der Waals surface area contributed by atoms with E-state index in [-0.39, 0.29) is 5.97 Å². The molecule has 0 amide bonds. The van der Waals surface area contributed by atoms with Gasteiger partial charge in [0.2, 0.25) is 0 Å². The Kier molecular flexibility index (Phi) is 6.85. The highest BCUT2D eigenvalue weighted by Crippen LogP contribution is 2.11. The molecule has 1 unspecified atom stereocenters. The Labute approximate surface area is 97.0 Å². The average molecular weight is 227 g/mol. The quantitative estimate of drug-likeness (QED) is 0.421. The second-order valence-electron chi connectivity index (χ2n) is 3.80. The van der Waals surface area contributed by atoms with Crippen LogP contribution in [-0.2, 0) is 14.3 Å². The van der Waals surface area contributed by atoms with Crippen LogP contribution in [0.5, 0.6) is 0 Å². The van der Waals surface area contributed by atoms with Gasteiger partial charge in [-0.1, -0.05) is 6.08 Å². The molecule has 0 radical (unpaired) electrons. The van der Waals surface area contributed by atoms with E-state index in [2.05, 4.69) is 5.32 Å². The molecular weight excluding hydrogens is 206 g/mol. The van der Waals surface area contributed by atoms with Crippen molar-refractivity contribution in [2.45, 2.75) is 32.3 Å². The van der Waals surface area contributed by atoms with Crippen LogP contribution in [-0.4, -0.2) is 38.4 Å². The zero-order chi connectivity index (χ0) is 11.6. The minimum Gasteiger partial charge on any atom is -0.463 e. The van der Waals surface area contributed by atoms with Gasteiger partial charge in [0.15, 0.2) is 0 Å². The van der Waals surface area contributed by atoms with Gasteiger partial charge in [0, 0.05) is 25.8 Å². The molecule has 1 saturated heterocycles. The van der Waals surface area contributed by atoms with Crippen molar-refractivity contribution < 1.29 is 14.3 Å². The first-order valence-corrected chi connectivity index (χ1v) is 5.98. The fourth-order valence-electron chi connectivity index (χ4n) is 1.64. The lowest BCUT2D eigenvalue weighted by molar-refractivity contribution is -0.137. The van der Waals surface area contributed by atoms with Gasteiger partial charge >= 0.3 is 5.97 Å². The number of rotatable bonds is 6. The third-order valence-corrected chi connectivity index (χ3v) is 2.45. The molecule has 1 atom stereocenters. The zero-order valence-corrected chi connectivity index (χ0v) is 9.91. The van der Waals surface area contributed by atoms with Crippen LogP contribution in [0.1, 0.15) is 26.2 Å². The summed E-state index contributed by atoms with van der Waals surface area (Å²) < 4.78 is 10.3. The number of nitrogens with one attached hydrogen (secondary N) is 1. The summed E-state index contributed by atoms with van der Waals surface area (Å²) in [7, 11) is 0. The van der Waals surface area contributed by atoms with E-state index in [0.29, 0.717) is 19.3 Å². The van der Waals surface area contributed by atoms with E-state index in [0.717, 1.165) is 19.6 Å². The van der Waals surface area contributed by atoms with E-state index in [4.69, 9.17) is 9.47 Å². The highest BCUT2D eigenvalue weighted by molar-refractivity contribution is 5.81. The molecule has 1 rings (SSSR count). The zero-order valence-electron chi connectivity index (χ0n) is 9.91. The molecule has 4 nitrogen and oxygen atoms in total. The van der Waals surface area contributed by atoms with Crippen molar-refractivity contribution in [3.8, 4) is 0 Å². The number of hydrogen-bond acceptors (Lipinski definition) is 4. The van der Waals surface area contributed by atoms with E-state index >= 15 is 0 Å². The molecule has 0 bridgehead atoms. The molecule has 16 heavy (non-hydrogen) atoms. The molecule has 1 N–H and O–H groups in total. The summed E-state index contributed by atoms with van der Waals surface area (Å²) in [5, 5.41) is 3.23. The molecule has 4 heteroatoms. The predicted octanol–water partition coefficient (Wildman–Crippen LogP) is 1.26. The van der Waals surface area contributed by atoms with E-state index in [1.165, 1.54) is 18.9 Å². The van der Waals surface area contributed by atoms with Gasteiger partial charge in [0.1, 0.15) is 0 Å². The third-order valence-electron chi connectivity index (χ3n) is 2.45. The van der Waals surface area contributed by atoms with Crippen molar-refractivity contribution in [1.29, 1.82) is 0 Å². The molecule has 1 heterocycles. The van der Waals surface area contributed by atoms with Crippen molar-refractivity contribution in [3.05, 3.63) is 12.2 Å². The van der Waals surface area contributed by atoms with Gasteiger partial charge in [0.25, 0.3) is 0 Å². The van der Waals surface area contributed by atoms with E-state index in [1.54, 1.807) is 13.0 Å². The van der Waals surface area contributed by atoms with Crippen molar-refractivity contribution >= 4 is 5.97 Å². The standard InChI is InChI=1S/C12H21NO3/c1-2-15-12(14)7-5-8-13-10-11-6-3-4-9-16-11/h5,7,11,13H,2-4,6,8-10H2,1H3/b7-5+. The Bertz CT molecular complexity index is 222. The maximum atomic E-state index is 10.9. The highest BCUT2D eigenvalue weighted by Gasteiger charge is 2.12. The van der Waals surface area contributed by atoms with Crippen LogP contribution in [0.25, 0.3) is 0 Å². The molecule has 0 aliphatic carbocycles. The SMILES string of the molecule is CCOC(=O)/C=C/CNCC1CCCCO1. The highest BCUT2D eigenvalue weighted by atomic mass is 16.5. The molecule has 1 fully saturated rings. The van der Waals surface area contributed by atoms with Gasteiger partial charge in [-0.25, -0.2) is 4.79 Å². The third kappa shape index (κ3) is 5.88. The Morgan fingerprint density at radius 3 is 3.12 bits per heavy atom. The van der Waals surface area contributed by atoms with Crippen LogP contribution in [0.15, 0.2) is 12.2 Å². The largest absolute Gasteiger partial charge is 0.463 e. The summed E-state index contributed by atoms with van der Waals surface area (Å²) in [4.78, 5) is 10.9. The normalized spacial score (nSPS) is 21.2. The molecule has 92 valence electrons. The lowest BCUT2D eigenvalue weighted by Gasteiger charge is -2.22. The van der Waals surface area contributed by atoms with Crippen LogP contribution in [0.2, 0.25) is 0 Å². The molecule has 0 spiro atoms. The monoisotopic (exact) mass is 227 g/mol. The Morgan fingerprint density at radius 2 is 2.44 bits per heavy atom. The lowest BCUT2D eigenvalue weighted by atomic mass is 10.1. The van der Waals surface area contributed by atoms with Crippen LogP contribution in [0.4, 0.5) is 0 Å².